The molecule has 0 saturated carbocycles. The number of alkyl halides is 2. The zero-order valence-corrected chi connectivity index (χ0v) is 8.74. The van der Waals surface area contributed by atoms with Gasteiger partial charge in [-0.15, -0.1) is 0 Å². The van der Waals surface area contributed by atoms with E-state index in [2.05, 4.69) is 5.16 Å². The number of ether oxygens (including phenoxy) is 1. The summed E-state index contributed by atoms with van der Waals surface area (Å²) in [6.45, 7) is -0.900. The van der Waals surface area contributed by atoms with Crippen molar-refractivity contribution in [3.8, 4) is 0 Å². The van der Waals surface area contributed by atoms with Crippen LogP contribution in [0.15, 0.2) is 23.4 Å². The molecule has 1 aromatic rings. The fourth-order valence-electron chi connectivity index (χ4n) is 1.22. The van der Waals surface area contributed by atoms with Crippen molar-refractivity contribution in [2.24, 2.45) is 10.9 Å². The third-order valence-electron chi connectivity index (χ3n) is 1.96. The molecular weight excluding hydrogens is 237 g/mol. The van der Waals surface area contributed by atoms with E-state index in [0.29, 0.717) is 5.56 Å². The average molecular weight is 248 g/mol. The molecule has 0 spiro atoms. The molecule has 0 fully saturated rings. The molecule has 0 aliphatic heterocycles. The van der Waals surface area contributed by atoms with Crippen LogP contribution < -0.4 is 5.73 Å². The number of halogens is 3. The quantitative estimate of drug-likeness (QED) is 0.360. The molecule has 4 nitrogen and oxygen atoms in total. The van der Waals surface area contributed by atoms with Gasteiger partial charge in [-0.05, 0) is 17.7 Å². The highest BCUT2D eigenvalue weighted by Gasteiger charge is 2.10. The maximum absolute atomic E-state index is 12.9. The van der Waals surface area contributed by atoms with Crippen molar-refractivity contribution in [1.29, 1.82) is 0 Å². The number of oxime groups is 1. The van der Waals surface area contributed by atoms with Crippen molar-refractivity contribution in [3.63, 3.8) is 0 Å². The molecule has 94 valence electrons. The number of nitrogens with two attached hydrogens (primary N) is 1. The third kappa shape index (κ3) is 3.95. The second-order valence-corrected chi connectivity index (χ2v) is 3.19. The fourth-order valence-corrected chi connectivity index (χ4v) is 1.22. The summed E-state index contributed by atoms with van der Waals surface area (Å²) in [4.78, 5) is 0. The molecule has 1 rings (SSSR count). The van der Waals surface area contributed by atoms with Gasteiger partial charge in [-0.2, -0.15) is 0 Å². The third-order valence-corrected chi connectivity index (χ3v) is 1.96. The smallest absolute Gasteiger partial charge is 0.261 e. The Labute approximate surface area is 95.5 Å². The normalized spacial score (nSPS) is 12.1. The Morgan fingerprint density at radius 1 is 1.47 bits per heavy atom. The summed E-state index contributed by atoms with van der Waals surface area (Å²) in [5, 5.41) is 11.2. The van der Waals surface area contributed by atoms with Crippen molar-refractivity contribution in [3.05, 3.63) is 35.1 Å². The van der Waals surface area contributed by atoms with Crippen molar-refractivity contribution >= 4 is 5.84 Å². The van der Waals surface area contributed by atoms with E-state index in [0.717, 1.165) is 12.1 Å². The minimum absolute atomic E-state index is 0.113. The molecular formula is C10H11F3N2O2. The molecule has 7 heteroatoms. The molecule has 1 aromatic carbocycles. The molecule has 0 atom stereocenters. The van der Waals surface area contributed by atoms with E-state index in [9.17, 15) is 13.2 Å². The second kappa shape index (κ2) is 6.09. The average Bonchev–Trinajstić information content (AvgIpc) is 2.29. The number of hydrogen-bond donors (Lipinski definition) is 2. The van der Waals surface area contributed by atoms with Gasteiger partial charge >= 0.3 is 0 Å². The van der Waals surface area contributed by atoms with E-state index >= 15 is 0 Å². The van der Waals surface area contributed by atoms with Gasteiger partial charge in [-0.1, -0.05) is 11.2 Å². The van der Waals surface area contributed by atoms with Crippen LogP contribution in [0.4, 0.5) is 13.2 Å². The second-order valence-electron chi connectivity index (χ2n) is 3.19. The molecule has 0 heterocycles. The molecule has 0 unspecified atom stereocenters. The van der Waals surface area contributed by atoms with Crippen LogP contribution in [0.2, 0.25) is 0 Å². The molecule has 0 aliphatic rings. The van der Waals surface area contributed by atoms with Gasteiger partial charge in [0.25, 0.3) is 6.43 Å². The maximum Gasteiger partial charge on any atom is 0.261 e. The van der Waals surface area contributed by atoms with Gasteiger partial charge in [0.05, 0.1) is 6.61 Å². The lowest BCUT2D eigenvalue weighted by Gasteiger charge is -2.09. The Balaban J connectivity index is 2.83. The molecule has 3 N–H and O–H groups in total. The summed E-state index contributed by atoms with van der Waals surface area (Å²) in [6, 6.07) is 3.50. The molecule has 0 bridgehead atoms. The van der Waals surface area contributed by atoms with Gasteiger partial charge in [0.15, 0.2) is 5.84 Å². The standard InChI is InChI=1S/C10H11F3N2O2/c11-7-2-1-6(4-17-5-9(12)13)8(3-7)10(14)15-16/h1-3,9,16H,4-5H2,(H2,14,15). The van der Waals surface area contributed by atoms with Crippen LogP contribution in [0, 0.1) is 5.82 Å². The predicted molar refractivity (Wildman–Crippen MR) is 54.6 cm³/mol. The van der Waals surface area contributed by atoms with Crippen LogP contribution in [0.25, 0.3) is 0 Å². The zero-order valence-electron chi connectivity index (χ0n) is 8.74. The number of amidine groups is 1. The minimum atomic E-state index is -2.58. The summed E-state index contributed by atoms with van der Waals surface area (Å²) in [6.07, 6.45) is -2.58. The first kappa shape index (κ1) is 13.3. The van der Waals surface area contributed by atoms with Crippen molar-refractivity contribution < 1.29 is 23.1 Å². The highest BCUT2D eigenvalue weighted by Crippen LogP contribution is 2.13. The summed E-state index contributed by atoms with van der Waals surface area (Å²) in [5.74, 6) is -0.885. The van der Waals surface area contributed by atoms with Crippen molar-refractivity contribution in [2.45, 2.75) is 13.0 Å². The highest BCUT2D eigenvalue weighted by atomic mass is 19.3. The van der Waals surface area contributed by atoms with Gasteiger partial charge in [-0.25, -0.2) is 13.2 Å². The topological polar surface area (TPSA) is 67.8 Å². The summed E-state index contributed by atoms with van der Waals surface area (Å²) < 4.78 is 41.3. The number of nitrogens with zero attached hydrogens (tertiary/aromatic N) is 1. The van der Waals surface area contributed by atoms with E-state index < -0.39 is 18.8 Å². The first-order valence-electron chi connectivity index (χ1n) is 4.66. The lowest BCUT2D eigenvalue weighted by Crippen LogP contribution is -2.17. The van der Waals surface area contributed by atoms with Crippen molar-refractivity contribution in [2.75, 3.05) is 6.61 Å². The monoisotopic (exact) mass is 248 g/mol. The summed E-state index contributed by atoms with van der Waals surface area (Å²) >= 11 is 0. The molecule has 0 saturated heterocycles. The van der Waals surface area contributed by atoms with Gasteiger partial charge in [-0.3, -0.25) is 0 Å². The van der Waals surface area contributed by atoms with Crippen molar-refractivity contribution in [1.82, 2.24) is 0 Å². The van der Waals surface area contributed by atoms with Gasteiger partial charge < -0.3 is 15.7 Å². The SMILES string of the molecule is N/C(=N/O)c1cc(F)ccc1COCC(F)F. The molecule has 17 heavy (non-hydrogen) atoms. The van der Waals surface area contributed by atoms with Gasteiger partial charge in [0, 0.05) is 5.56 Å². The molecule has 0 radical (unpaired) electrons. The zero-order chi connectivity index (χ0) is 12.8. The number of hydrogen-bond acceptors (Lipinski definition) is 3. The van der Waals surface area contributed by atoms with Crippen LogP contribution in [-0.2, 0) is 11.3 Å². The number of rotatable bonds is 5. The van der Waals surface area contributed by atoms with Gasteiger partial charge in [0.1, 0.15) is 12.4 Å². The first-order valence-corrected chi connectivity index (χ1v) is 4.66. The highest BCUT2D eigenvalue weighted by molar-refractivity contribution is 5.98. The van der Waals surface area contributed by atoms with E-state index in [1.165, 1.54) is 6.07 Å². The summed E-state index contributed by atoms with van der Waals surface area (Å²) in [7, 11) is 0. The molecule has 0 aromatic heterocycles. The van der Waals surface area contributed by atoms with Crippen LogP contribution in [0.5, 0.6) is 0 Å². The predicted octanol–water partition coefficient (Wildman–Crippen LogP) is 1.70. The Bertz CT molecular complexity index is 411. The molecule has 0 aliphatic carbocycles. The number of benzene rings is 1. The van der Waals surface area contributed by atoms with Crippen LogP contribution in [0.1, 0.15) is 11.1 Å². The van der Waals surface area contributed by atoms with E-state index in [1.54, 1.807) is 0 Å². The van der Waals surface area contributed by atoms with Crippen LogP contribution in [-0.4, -0.2) is 24.1 Å². The largest absolute Gasteiger partial charge is 0.409 e. The Hall–Kier alpha value is -1.76. The minimum Gasteiger partial charge on any atom is -0.409 e. The Morgan fingerprint density at radius 3 is 2.76 bits per heavy atom. The lowest BCUT2D eigenvalue weighted by molar-refractivity contribution is 0.00981. The summed E-state index contributed by atoms with van der Waals surface area (Å²) in [5.41, 5.74) is 5.80. The Kier molecular flexibility index (Phi) is 4.77. The molecule has 0 amide bonds. The fraction of sp³-hybridized carbons (Fsp3) is 0.300. The van der Waals surface area contributed by atoms with Crippen LogP contribution >= 0.6 is 0 Å². The van der Waals surface area contributed by atoms with Crippen LogP contribution in [0.3, 0.4) is 0 Å². The maximum atomic E-state index is 12.9. The van der Waals surface area contributed by atoms with Gasteiger partial charge in [0.2, 0.25) is 0 Å². The van der Waals surface area contributed by atoms with E-state index in [4.69, 9.17) is 15.7 Å². The van der Waals surface area contributed by atoms with E-state index in [1.807, 2.05) is 0 Å². The lowest BCUT2D eigenvalue weighted by atomic mass is 10.1. The Morgan fingerprint density at radius 2 is 2.18 bits per heavy atom. The van der Waals surface area contributed by atoms with E-state index in [-0.39, 0.29) is 18.0 Å². The first-order chi connectivity index (χ1) is 8.04.